The van der Waals surface area contributed by atoms with Gasteiger partial charge < -0.3 is 10.2 Å². The van der Waals surface area contributed by atoms with E-state index in [2.05, 4.69) is 4.18 Å². The fourth-order valence-electron chi connectivity index (χ4n) is 0.904. The maximum absolute atomic E-state index is 11.3. The van der Waals surface area contributed by atoms with Gasteiger partial charge >= 0.3 is 10.1 Å². The van der Waals surface area contributed by atoms with Gasteiger partial charge in [0, 0.05) is 0 Å². The number of phenols is 1. The van der Waals surface area contributed by atoms with Crippen LogP contribution in [0.3, 0.4) is 0 Å². The molecule has 0 bridgehead atoms. The summed E-state index contributed by atoms with van der Waals surface area (Å²) in [5.41, 5.74) is 0. The van der Waals surface area contributed by atoms with Crippen LogP contribution in [-0.2, 0) is 14.3 Å². The van der Waals surface area contributed by atoms with Crippen molar-refractivity contribution in [2.24, 2.45) is 0 Å². The van der Waals surface area contributed by atoms with E-state index in [9.17, 15) is 13.5 Å². The fourth-order valence-corrected chi connectivity index (χ4v) is 1.94. The topological polar surface area (TPSA) is 83.8 Å². The molecule has 1 aromatic rings. The van der Waals surface area contributed by atoms with Gasteiger partial charge in [-0.05, 0) is 19.1 Å². The highest BCUT2D eigenvalue weighted by Crippen LogP contribution is 2.23. The van der Waals surface area contributed by atoms with Crippen molar-refractivity contribution in [2.75, 3.05) is 0 Å². The average Bonchev–Trinajstić information content (AvgIpc) is 2.02. The Labute approximate surface area is 81.7 Å². The Morgan fingerprint density at radius 3 is 2.43 bits per heavy atom. The van der Waals surface area contributed by atoms with Gasteiger partial charge in [0.2, 0.25) is 0 Å². The van der Waals surface area contributed by atoms with Gasteiger partial charge in [-0.25, -0.2) is 4.18 Å². The van der Waals surface area contributed by atoms with E-state index >= 15 is 0 Å². The molecule has 1 unspecified atom stereocenters. The molecule has 0 aliphatic heterocycles. The van der Waals surface area contributed by atoms with Crippen LogP contribution in [0.4, 0.5) is 0 Å². The lowest BCUT2D eigenvalue weighted by Crippen LogP contribution is -2.14. The minimum absolute atomic E-state index is 0.360. The summed E-state index contributed by atoms with van der Waals surface area (Å²) in [6.07, 6.45) is -1.44. The van der Waals surface area contributed by atoms with Crippen LogP contribution in [0.5, 0.6) is 5.75 Å². The van der Waals surface area contributed by atoms with Gasteiger partial charge in [-0.3, -0.25) is 0 Å². The molecule has 14 heavy (non-hydrogen) atoms. The van der Waals surface area contributed by atoms with Gasteiger partial charge in [0.1, 0.15) is 10.6 Å². The zero-order valence-electron chi connectivity index (χ0n) is 7.41. The second kappa shape index (κ2) is 3.95. The molecule has 0 fully saturated rings. The Morgan fingerprint density at radius 2 is 1.93 bits per heavy atom. The van der Waals surface area contributed by atoms with Crippen molar-refractivity contribution in [3.8, 4) is 5.75 Å². The van der Waals surface area contributed by atoms with Gasteiger partial charge in [0.15, 0.2) is 6.29 Å². The highest BCUT2D eigenvalue weighted by atomic mass is 32.2. The molecular formula is C8H10O5S. The molecule has 0 aliphatic rings. The van der Waals surface area contributed by atoms with Crippen LogP contribution in [-0.4, -0.2) is 24.9 Å². The van der Waals surface area contributed by atoms with Gasteiger partial charge in [0.25, 0.3) is 0 Å². The van der Waals surface area contributed by atoms with Crippen molar-refractivity contribution in [1.29, 1.82) is 0 Å². The molecule has 0 amide bonds. The monoisotopic (exact) mass is 218 g/mol. The van der Waals surface area contributed by atoms with E-state index in [1.165, 1.54) is 24.3 Å². The maximum atomic E-state index is 11.3. The molecule has 0 heterocycles. The SMILES string of the molecule is CC(O)OS(=O)(=O)c1ccccc1O. The predicted molar refractivity (Wildman–Crippen MR) is 48.1 cm³/mol. The van der Waals surface area contributed by atoms with Gasteiger partial charge in [-0.1, -0.05) is 12.1 Å². The number of rotatable bonds is 3. The number of aliphatic hydroxyl groups excluding tert-OH is 1. The van der Waals surface area contributed by atoms with Crippen LogP contribution >= 0.6 is 0 Å². The highest BCUT2D eigenvalue weighted by molar-refractivity contribution is 7.86. The van der Waals surface area contributed by atoms with E-state index in [0.29, 0.717) is 0 Å². The lowest BCUT2D eigenvalue weighted by atomic mass is 10.3. The van der Waals surface area contributed by atoms with Crippen molar-refractivity contribution in [3.05, 3.63) is 24.3 Å². The predicted octanol–water partition coefficient (Wildman–Crippen LogP) is 0.436. The van der Waals surface area contributed by atoms with Crippen LogP contribution in [0.2, 0.25) is 0 Å². The molecule has 0 aliphatic carbocycles. The molecule has 0 aromatic heterocycles. The van der Waals surface area contributed by atoms with Gasteiger partial charge in [-0.2, -0.15) is 8.42 Å². The van der Waals surface area contributed by atoms with Crippen LogP contribution in [0.1, 0.15) is 6.92 Å². The molecule has 5 nitrogen and oxygen atoms in total. The number of aromatic hydroxyl groups is 1. The average molecular weight is 218 g/mol. The summed E-state index contributed by atoms with van der Waals surface area (Å²) in [5.74, 6) is -0.409. The Morgan fingerprint density at radius 1 is 1.36 bits per heavy atom. The van der Waals surface area contributed by atoms with E-state index in [4.69, 9.17) is 5.11 Å². The smallest absolute Gasteiger partial charge is 0.303 e. The molecule has 2 N–H and O–H groups in total. The van der Waals surface area contributed by atoms with E-state index in [1.54, 1.807) is 0 Å². The first-order valence-electron chi connectivity index (χ1n) is 3.83. The normalized spacial score (nSPS) is 13.9. The minimum Gasteiger partial charge on any atom is -0.506 e. The highest BCUT2D eigenvalue weighted by Gasteiger charge is 2.20. The zero-order chi connectivity index (χ0) is 10.8. The Kier molecular flexibility index (Phi) is 3.10. The Bertz CT molecular complexity index is 409. The molecule has 1 aromatic carbocycles. The Balaban J connectivity index is 3.11. The number of aliphatic hydroxyl groups is 1. The van der Waals surface area contributed by atoms with E-state index in [-0.39, 0.29) is 4.90 Å². The first kappa shape index (κ1) is 11.0. The maximum Gasteiger partial charge on any atom is 0.303 e. The molecule has 6 heteroatoms. The second-order valence-corrected chi connectivity index (χ2v) is 4.16. The third-order valence-electron chi connectivity index (χ3n) is 1.40. The summed E-state index contributed by atoms with van der Waals surface area (Å²) in [6.45, 7) is 1.16. The standard InChI is InChI=1S/C8H10O5S/c1-6(9)13-14(11,12)8-5-3-2-4-7(8)10/h2-6,9-10H,1H3. The van der Waals surface area contributed by atoms with Crippen molar-refractivity contribution < 1.29 is 22.8 Å². The third-order valence-corrected chi connectivity index (χ3v) is 2.82. The van der Waals surface area contributed by atoms with E-state index in [1.807, 2.05) is 0 Å². The van der Waals surface area contributed by atoms with Crippen LogP contribution in [0.25, 0.3) is 0 Å². The van der Waals surface area contributed by atoms with Crippen LogP contribution in [0.15, 0.2) is 29.2 Å². The first-order valence-corrected chi connectivity index (χ1v) is 5.23. The summed E-state index contributed by atoms with van der Waals surface area (Å²) in [7, 11) is -4.09. The molecule has 0 spiro atoms. The number of hydrogen-bond donors (Lipinski definition) is 2. The third kappa shape index (κ3) is 2.44. The summed E-state index contributed by atoms with van der Waals surface area (Å²) >= 11 is 0. The molecule has 1 rings (SSSR count). The molecule has 0 saturated carbocycles. The minimum atomic E-state index is -4.09. The molecule has 0 saturated heterocycles. The van der Waals surface area contributed by atoms with Crippen LogP contribution < -0.4 is 0 Å². The molecular weight excluding hydrogens is 208 g/mol. The van der Waals surface area contributed by atoms with Crippen LogP contribution in [0, 0.1) is 0 Å². The van der Waals surface area contributed by atoms with Crippen molar-refractivity contribution >= 4 is 10.1 Å². The number of phenolic OH excluding ortho intramolecular Hbond substituents is 1. The lowest BCUT2D eigenvalue weighted by molar-refractivity contribution is 0.00531. The van der Waals surface area contributed by atoms with E-state index in [0.717, 1.165) is 6.92 Å². The summed E-state index contributed by atoms with van der Waals surface area (Å²) < 4.78 is 26.9. The van der Waals surface area contributed by atoms with E-state index < -0.39 is 22.2 Å². The second-order valence-electron chi connectivity index (χ2n) is 2.62. The van der Waals surface area contributed by atoms with Crippen molar-refractivity contribution in [3.63, 3.8) is 0 Å². The fraction of sp³-hybridized carbons (Fsp3) is 0.250. The van der Waals surface area contributed by atoms with Gasteiger partial charge in [-0.15, -0.1) is 0 Å². The number of benzene rings is 1. The number of para-hydroxylation sites is 1. The number of hydrogen-bond acceptors (Lipinski definition) is 5. The Hall–Kier alpha value is -1.11. The molecule has 78 valence electrons. The quantitative estimate of drug-likeness (QED) is 0.568. The van der Waals surface area contributed by atoms with Crippen molar-refractivity contribution in [1.82, 2.24) is 0 Å². The zero-order valence-corrected chi connectivity index (χ0v) is 8.23. The molecule has 0 radical (unpaired) electrons. The van der Waals surface area contributed by atoms with Crippen molar-refractivity contribution in [2.45, 2.75) is 18.1 Å². The summed E-state index contributed by atoms with van der Waals surface area (Å²) in [5, 5.41) is 18.0. The molecule has 1 atom stereocenters. The summed E-state index contributed by atoms with van der Waals surface area (Å²) in [6, 6.07) is 5.33. The summed E-state index contributed by atoms with van der Waals surface area (Å²) in [4.78, 5) is -0.360. The largest absolute Gasteiger partial charge is 0.506 e. The van der Waals surface area contributed by atoms with Gasteiger partial charge in [0.05, 0.1) is 0 Å². The lowest BCUT2D eigenvalue weighted by Gasteiger charge is -2.08. The first-order chi connectivity index (χ1) is 6.43.